The Morgan fingerprint density at radius 3 is 2.57 bits per heavy atom. The molecule has 0 spiro atoms. The van der Waals surface area contributed by atoms with Crippen LogP contribution < -0.4 is 10.6 Å². The molecule has 1 saturated heterocycles. The van der Waals surface area contributed by atoms with E-state index in [0.29, 0.717) is 12.0 Å². The van der Waals surface area contributed by atoms with Gasteiger partial charge in [0, 0.05) is 11.6 Å². The molecule has 1 aromatic carbocycles. The van der Waals surface area contributed by atoms with Crippen molar-refractivity contribution in [3.8, 4) is 0 Å². The molecular weight excluding hydrogens is 260 g/mol. The van der Waals surface area contributed by atoms with Crippen LogP contribution in [0, 0.1) is 11.8 Å². The maximum atomic E-state index is 12.4. The van der Waals surface area contributed by atoms with Gasteiger partial charge in [0.1, 0.15) is 0 Å². The van der Waals surface area contributed by atoms with Crippen LogP contribution in [0.4, 0.5) is 0 Å². The highest BCUT2D eigenvalue weighted by Gasteiger charge is 2.34. The highest BCUT2D eigenvalue weighted by atomic mass is 16.1. The summed E-state index contributed by atoms with van der Waals surface area (Å²) in [5.41, 5.74) is 2.06. The van der Waals surface area contributed by atoms with E-state index in [-0.39, 0.29) is 5.91 Å². The van der Waals surface area contributed by atoms with E-state index in [1.165, 1.54) is 18.5 Å². The number of rotatable bonds is 3. The third-order valence-electron chi connectivity index (χ3n) is 5.13. The molecule has 3 heteroatoms. The van der Waals surface area contributed by atoms with Crippen molar-refractivity contribution < 1.29 is 4.79 Å². The monoisotopic (exact) mass is 286 g/mol. The number of nitrogens with one attached hydrogen (secondary N) is 2. The molecule has 1 saturated carbocycles. The highest BCUT2D eigenvalue weighted by molar-refractivity contribution is 5.94. The Hall–Kier alpha value is -1.35. The molecule has 3 rings (SSSR count). The van der Waals surface area contributed by atoms with Crippen molar-refractivity contribution in [3.63, 3.8) is 0 Å². The SMILES string of the molecule is CC(C)c1ccc(C(=O)NC2CC[C@H]3CNC[C@H]3C2)cc1. The second-order valence-corrected chi connectivity index (χ2v) is 6.94. The van der Waals surface area contributed by atoms with E-state index in [2.05, 4.69) is 36.6 Å². The summed E-state index contributed by atoms with van der Waals surface area (Å²) in [5.74, 6) is 2.18. The minimum Gasteiger partial charge on any atom is -0.349 e. The average Bonchev–Trinajstić information content (AvgIpc) is 2.95. The summed E-state index contributed by atoms with van der Waals surface area (Å²) in [6, 6.07) is 8.39. The molecule has 3 atom stereocenters. The normalized spacial score (nSPS) is 28.4. The summed E-state index contributed by atoms with van der Waals surface area (Å²) in [4.78, 5) is 12.4. The van der Waals surface area contributed by atoms with Crippen LogP contribution >= 0.6 is 0 Å². The summed E-state index contributed by atoms with van der Waals surface area (Å²) in [7, 11) is 0. The molecular formula is C18H26N2O. The molecule has 0 radical (unpaired) electrons. The first-order chi connectivity index (χ1) is 10.1. The Kier molecular flexibility index (Phi) is 4.29. The summed E-state index contributed by atoms with van der Waals surface area (Å²) in [6.45, 7) is 6.63. The van der Waals surface area contributed by atoms with Crippen molar-refractivity contribution in [3.05, 3.63) is 35.4 Å². The van der Waals surface area contributed by atoms with E-state index in [9.17, 15) is 4.79 Å². The molecule has 114 valence electrons. The number of amides is 1. The Balaban J connectivity index is 1.58. The van der Waals surface area contributed by atoms with Crippen LogP contribution in [-0.4, -0.2) is 25.0 Å². The van der Waals surface area contributed by atoms with Gasteiger partial charge in [0.15, 0.2) is 0 Å². The number of benzene rings is 1. The van der Waals surface area contributed by atoms with E-state index in [1.807, 2.05) is 12.1 Å². The maximum absolute atomic E-state index is 12.4. The fraction of sp³-hybridized carbons (Fsp3) is 0.611. The van der Waals surface area contributed by atoms with Gasteiger partial charge >= 0.3 is 0 Å². The number of hydrogen-bond acceptors (Lipinski definition) is 2. The maximum Gasteiger partial charge on any atom is 0.251 e. The van der Waals surface area contributed by atoms with E-state index in [1.54, 1.807) is 0 Å². The molecule has 1 aliphatic carbocycles. The van der Waals surface area contributed by atoms with Crippen molar-refractivity contribution in [1.82, 2.24) is 10.6 Å². The van der Waals surface area contributed by atoms with Crippen molar-refractivity contribution in [2.24, 2.45) is 11.8 Å². The van der Waals surface area contributed by atoms with Gasteiger partial charge in [-0.05, 0) is 67.8 Å². The third-order valence-corrected chi connectivity index (χ3v) is 5.13. The number of hydrogen-bond donors (Lipinski definition) is 2. The van der Waals surface area contributed by atoms with Gasteiger partial charge in [0.2, 0.25) is 0 Å². The number of carbonyl (C=O) groups is 1. The highest BCUT2D eigenvalue weighted by Crippen LogP contribution is 2.32. The first-order valence-electron chi connectivity index (χ1n) is 8.25. The van der Waals surface area contributed by atoms with E-state index >= 15 is 0 Å². The summed E-state index contributed by atoms with van der Waals surface area (Å²) < 4.78 is 0. The van der Waals surface area contributed by atoms with Crippen LogP contribution in [0.3, 0.4) is 0 Å². The summed E-state index contributed by atoms with van der Waals surface area (Å²) >= 11 is 0. The average molecular weight is 286 g/mol. The number of carbonyl (C=O) groups excluding carboxylic acids is 1. The van der Waals surface area contributed by atoms with E-state index < -0.39 is 0 Å². The van der Waals surface area contributed by atoms with Gasteiger partial charge in [-0.25, -0.2) is 0 Å². The minimum absolute atomic E-state index is 0.0831. The van der Waals surface area contributed by atoms with Gasteiger partial charge in [-0.15, -0.1) is 0 Å². The first kappa shape index (κ1) is 14.6. The Labute approximate surface area is 127 Å². The lowest BCUT2D eigenvalue weighted by Gasteiger charge is -2.31. The predicted octanol–water partition coefficient (Wildman–Crippen LogP) is 2.93. The minimum atomic E-state index is 0.0831. The van der Waals surface area contributed by atoms with Gasteiger partial charge in [-0.2, -0.15) is 0 Å². The van der Waals surface area contributed by atoms with Crippen molar-refractivity contribution >= 4 is 5.91 Å². The lowest BCUT2D eigenvalue weighted by Crippen LogP contribution is -2.40. The molecule has 2 aliphatic rings. The molecule has 1 aliphatic heterocycles. The molecule has 1 amide bonds. The van der Waals surface area contributed by atoms with Crippen LogP contribution in [0.15, 0.2) is 24.3 Å². The van der Waals surface area contributed by atoms with E-state index in [0.717, 1.165) is 36.8 Å². The fourth-order valence-corrected chi connectivity index (χ4v) is 3.72. The lowest BCUT2D eigenvalue weighted by atomic mass is 9.79. The van der Waals surface area contributed by atoms with Crippen LogP contribution in [0.5, 0.6) is 0 Å². The first-order valence-corrected chi connectivity index (χ1v) is 8.25. The molecule has 1 unspecified atom stereocenters. The Morgan fingerprint density at radius 2 is 1.86 bits per heavy atom. The van der Waals surface area contributed by atoms with E-state index in [4.69, 9.17) is 0 Å². The zero-order chi connectivity index (χ0) is 14.8. The topological polar surface area (TPSA) is 41.1 Å². The van der Waals surface area contributed by atoms with Gasteiger partial charge in [0.05, 0.1) is 0 Å². The van der Waals surface area contributed by atoms with Crippen LogP contribution in [0.1, 0.15) is 54.9 Å². The summed E-state index contributed by atoms with van der Waals surface area (Å²) in [5, 5.41) is 6.70. The van der Waals surface area contributed by atoms with Gasteiger partial charge in [0.25, 0.3) is 5.91 Å². The molecule has 0 bridgehead atoms. The molecule has 0 aromatic heterocycles. The second kappa shape index (κ2) is 6.18. The quantitative estimate of drug-likeness (QED) is 0.897. The van der Waals surface area contributed by atoms with Crippen molar-refractivity contribution in [2.45, 2.75) is 45.1 Å². The van der Waals surface area contributed by atoms with Gasteiger partial charge < -0.3 is 10.6 Å². The van der Waals surface area contributed by atoms with Crippen molar-refractivity contribution in [2.75, 3.05) is 13.1 Å². The van der Waals surface area contributed by atoms with Gasteiger partial charge in [-0.3, -0.25) is 4.79 Å². The standard InChI is InChI=1S/C18H26N2O/c1-12(2)13-3-5-14(6-4-13)18(21)20-17-8-7-15-10-19-11-16(15)9-17/h3-6,12,15-17,19H,7-11H2,1-2H3,(H,20,21)/t15-,16+,17?/m0/s1. The van der Waals surface area contributed by atoms with Gasteiger partial charge in [-0.1, -0.05) is 26.0 Å². The fourth-order valence-electron chi connectivity index (χ4n) is 3.72. The third kappa shape index (κ3) is 3.29. The molecule has 1 aromatic rings. The van der Waals surface area contributed by atoms with Crippen molar-refractivity contribution in [1.29, 1.82) is 0 Å². The Morgan fingerprint density at radius 1 is 1.14 bits per heavy atom. The van der Waals surface area contributed by atoms with Crippen LogP contribution in [0.2, 0.25) is 0 Å². The zero-order valence-electron chi connectivity index (χ0n) is 13.1. The molecule has 2 N–H and O–H groups in total. The smallest absolute Gasteiger partial charge is 0.251 e. The molecule has 3 nitrogen and oxygen atoms in total. The van der Waals surface area contributed by atoms with Crippen LogP contribution in [-0.2, 0) is 0 Å². The molecule has 1 heterocycles. The Bertz CT molecular complexity index is 494. The predicted molar refractivity (Wildman–Crippen MR) is 85.5 cm³/mol. The second-order valence-electron chi connectivity index (χ2n) is 6.94. The zero-order valence-corrected chi connectivity index (χ0v) is 13.1. The molecule has 2 fully saturated rings. The van der Waals surface area contributed by atoms with Crippen LogP contribution in [0.25, 0.3) is 0 Å². The number of fused-ring (bicyclic) bond motifs is 1. The lowest BCUT2D eigenvalue weighted by molar-refractivity contribution is 0.0913. The largest absolute Gasteiger partial charge is 0.349 e. The summed E-state index contributed by atoms with van der Waals surface area (Å²) in [6.07, 6.45) is 3.50. The molecule has 21 heavy (non-hydrogen) atoms.